The average Bonchev–Trinajstić information content (AvgIpc) is 2.99. The lowest BCUT2D eigenvalue weighted by molar-refractivity contribution is -0.116. The Morgan fingerprint density at radius 2 is 1.87 bits per heavy atom. The van der Waals surface area contributed by atoms with E-state index in [0.717, 1.165) is 33.4 Å². The molecule has 0 unspecified atom stereocenters. The number of nitrogens with zero attached hydrogens (tertiary/aromatic N) is 2. The number of aryl methyl sites for hydroxylation is 2. The van der Waals surface area contributed by atoms with E-state index in [9.17, 15) is 18.0 Å². The van der Waals surface area contributed by atoms with Crippen LogP contribution in [0.15, 0.2) is 47.3 Å². The number of carbonyl (C=O) groups excluding carboxylic acids is 1. The fourth-order valence-electron chi connectivity index (χ4n) is 3.25. The van der Waals surface area contributed by atoms with Gasteiger partial charge in [0.1, 0.15) is 0 Å². The Labute approximate surface area is 180 Å². The molecule has 0 atom stereocenters. The standard InChI is InChI=1S/C21H25N3O4S2/c1-4-23-18-12-9-16(14-19(18)29-21(23)26)22-20(25)6-5-13-24(30(3,27)28)17-10-7-15(2)8-11-17/h7-12,14H,4-6,13H2,1-3H3,(H,22,25). The summed E-state index contributed by atoms with van der Waals surface area (Å²) in [5, 5.41) is 2.83. The number of fused-ring (bicyclic) bond motifs is 1. The third kappa shape index (κ3) is 5.09. The molecule has 1 aromatic heterocycles. The summed E-state index contributed by atoms with van der Waals surface area (Å²) >= 11 is 1.15. The minimum atomic E-state index is -3.45. The zero-order valence-corrected chi connectivity index (χ0v) is 18.8. The normalized spacial score (nSPS) is 11.6. The minimum absolute atomic E-state index is 0.0204. The van der Waals surface area contributed by atoms with Crippen LogP contribution in [-0.4, -0.2) is 31.7 Å². The maximum absolute atomic E-state index is 12.3. The van der Waals surface area contributed by atoms with Gasteiger partial charge in [0.05, 0.1) is 22.2 Å². The van der Waals surface area contributed by atoms with Gasteiger partial charge in [0.25, 0.3) is 0 Å². The van der Waals surface area contributed by atoms with Crippen molar-refractivity contribution in [1.29, 1.82) is 0 Å². The van der Waals surface area contributed by atoms with Crippen LogP contribution < -0.4 is 14.5 Å². The predicted octanol–water partition coefficient (Wildman–Crippen LogP) is 3.58. The van der Waals surface area contributed by atoms with Crippen molar-refractivity contribution in [1.82, 2.24) is 4.57 Å². The van der Waals surface area contributed by atoms with E-state index in [1.54, 1.807) is 28.8 Å². The number of thiazole rings is 1. The number of rotatable bonds is 8. The molecule has 1 amide bonds. The first-order valence-electron chi connectivity index (χ1n) is 9.66. The Kier molecular flexibility index (Phi) is 6.62. The number of anilines is 2. The Bertz CT molecular complexity index is 1210. The summed E-state index contributed by atoms with van der Waals surface area (Å²) in [4.78, 5) is 24.3. The minimum Gasteiger partial charge on any atom is -0.326 e. The molecule has 0 saturated heterocycles. The molecule has 3 rings (SSSR count). The topological polar surface area (TPSA) is 88.5 Å². The Morgan fingerprint density at radius 1 is 1.17 bits per heavy atom. The maximum Gasteiger partial charge on any atom is 0.308 e. The molecule has 0 aliphatic heterocycles. The maximum atomic E-state index is 12.3. The van der Waals surface area contributed by atoms with Gasteiger partial charge in [0.15, 0.2) is 0 Å². The summed E-state index contributed by atoms with van der Waals surface area (Å²) in [5.41, 5.74) is 3.11. The van der Waals surface area contributed by atoms with Gasteiger partial charge in [0, 0.05) is 25.2 Å². The van der Waals surface area contributed by atoms with E-state index < -0.39 is 10.0 Å². The average molecular weight is 448 g/mol. The van der Waals surface area contributed by atoms with Gasteiger partial charge in [-0.05, 0) is 50.6 Å². The molecule has 3 aromatic rings. The van der Waals surface area contributed by atoms with Crippen molar-refractivity contribution in [3.05, 3.63) is 57.7 Å². The van der Waals surface area contributed by atoms with Crippen LogP contribution in [0.3, 0.4) is 0 Å². The molecular formula is C21H25N3O4S2. The quantitative estimate of drug-likeness (QED) is 0.572. The largest absolute Gasteiger partial charge is 0.326 e. The highest BCUT2D eigenvalue weighted by Gasteiger charge is 2.17. The molecule has 160 valence electrons. The number of hydrogen-bond donors (Lipinski definition) is 1. The first-order chi connectivity index (χ1) is 14.2. The van der Waals surface area contributed by atoms with E-state index in [-0.39, 0.29) is 23.7 Å². The van der Waals surface area contributed by atoms with Gasteiger partial charge in [-0.3, -0.25) is 18.5 Å². The van der Waals surface area contributed by atoms with Crippen LogP contribution in [0.1, 0.15) is 25.3 Å². The number of hydrogen-bond acceptors (Lipinski definition) is 5. The van der Waals surface area contributed by atoms with Crippen molar-refractivity contribution in [3.63, 3.8) is 0 Å². The lowest BCUT2D eigenvalue weighted by atomic mass is 10.2. The fourth-order valence-corrected chi connectivity index (χ4v) is 5.21. The van der Waals surface area contributed by atoms with E-state index in [1.165, 1.54) is 4.31 Å². The first kappa shape index (κ1) is 22.0. The smallest absolute Gasteiger partial charge is 0.308 e. The zero-order valence-electron chi connectivity index (χ0n) is 17.2. The van der Waals surface area contributed by atoms with Gasteiger partial charge in [-0.2, -0.15) is 0 Å². The highest BCUT2D eigenvalue weighted by atomic mass is 32.2. The molecule has 0 fully saturated rings. The second kappa shape index (κ2) is 9.01. The van der Waals surface area contributed by atoms with Gasteiger partial charge in [0.2, 0.25) is 15.9 Å². The second-order valence-corrected chi connectivity index (χ2v) is 10.0. The van der Waals surface area contributed by atoms with E-state index in [2.05, 4.69) is 5.32 Å². The zero-order chi connectivity index (χ0) is 21.9. The molecule has 0 spiro atoms. The first-order valence-corrected chi connectivity index (χ1v) is 12.3. The fraction of sp³-hybridized carbons (Fsp3) is 0.333. The van der Waals surface area contributed by atoms with Crippen molar-refractivity contribution < 1.29 is 13.2 Å². The van der Waals surface area contributed by atoms with Gasteiger partial charge in [-0.1, -0.05) is 29.0 Å². The monoisotopic (exact) mass is 447 g/mol. The lowest BCUT2D eigenvalue weighted by Crippen LogP contribution is -2.31. The van der Waals surface area contributed by atoms with Crippen LogP contribution in [0, 0.1) is 6.92 Å². The number of aromatic nitrogens is 1. The van der Waals surface area contributed by atoms with Crippen molar-refractivity contribution in [2.45, 2.75) is 33.2 Å². The number of sulfonamides is 1. The molecule has 0 bridgehead atoms. The SMILES string of the molecule is CCn1c(=O)sc2cc(NC(=O)CCCN(c3ccc(C)cc3)S(C)(=O)=O)ccc21. The third-order valence-electron chi connectivity index (χ3n) is 4.76. The number of amides is 1. The summed E-state index contributed by atoms with van der Waals surface area (Å²) in [5.74, 6) is -0.200. The van der Waals surface area contributed by atoms with Crippen LogP contribution in [0.25, 0.3) is 10.2 Å². The molecular weight excluding hydrogens is 422 g/mol. The molecule has 30 heavy (non-hydrogen) atoms. The van der Waals surface area contributed by atoms with Gasteiger partial charge in [-0.25, -0.2) is 8.42 Å². The van der Waals surface area contributed by atoms with E-state index in [0.29, 0.717) is 24.3 Å². The van der Waals surface area contributed by atoms with Gasteiger partial charge < -0.3 is 5.32 Å². The number of nitrogens with one attached hydrogen (secondary N) is 1. The molecule has 0 saturated carbocycles. The molecule has 1 heterocycles. The van der Waals surface area contributed by atoms with E-state index >= 15 is 0 Å². The van der Waals surface area contributed by atoms with Crippen molar-refractivity contribution >= 4 is 48.9 Å². The summed E-state index contributed by atoms with van der Waals surface area (Å²) in [6.07, 6.45) is 1.73. The predicted molar refractivity (Wildman–Crippen MR) is 123 cm³/mol. The summed E-state index contributed by atoms with van der Waals surface area (Å²) in [6, 6.07) is 12.6. The Hall–Kier alpha value is -2.65. The van der Waals surface area contributed by atoms with Crippen molar-refractivity contribution in [2.75, 3.05) is 22.4 Å². The number of benzene rings is 2. The van der Waals surface area contributed by atoms with E-state index in [1.807, 2.05) is 32.0 Å². The molecule has 7 nitrogen and oxygen atoms in total. The summed E-state index contributed by atoms with van der Waals surface area (Å²) in [6.45, 7) is 4.67. The third-order valence-corrected chi connectivity index (χ3v) is 6.89. The van der Waals surface area contributed by atoms with Crippen LogP contribution in [0.5, 0.6) is 0 Å². The molecule has 0 aliphatic carbocycles. The van der Waals surface area contributed by atoms with Gasteiger partial charge >= 0.3 is 4.87 Å². The molecule has 0 aliphatic rings. The lowest BCUT2D eigenvalue weighted by Gasteiger charge is -2.22. The Morgan fingerprint density at radius 3 is 2.50 bits per heavy atom. The van der Waals surface area contributed by atoms with Crippen molar-refractivity contribution in [2.24, 2.45) is 0 Å². The number of carbonyl (C=O) groups is 1. The molecule has 9 heteroatoms. The summed E-state index contributed by atoms with van der Waals surface area (Å²) < 4.78 is 28.2. The van der Waals surface area contributed by atoms with Crippen LogP contribution in [-0.2, 0) is 21.4 Å². The second-order valence-electron chi connectivity index (χ2n) is 7.12. The van der Waals surface area contributed by atoms with Crippen molar-refractivity contribution in [3.8, 4) is 0 Å². The van der Waals surface area contributed by atoms with Gasteiger partial charge in [-0.15, -0.1) is 0 Å². The van der Waals surface area contributed by atoms with E-state index in [4.69, 9.17) is 0 Å². The van der Waals surface area contributed by atoms with Crippen LogP contribution in [0.2, 0.25) is 0 Å². The molecule has 2 aromatic carbocycles. The molecule has 0 radical (unpaired) electrons. The van der Waals surface area contributed by atoms with Crippen LogP contribution in [0.4, 0.5) is 11.4 Å². The highest BCUT2D eigenvalue weighted by molar-refractivity contribution is 7.92. The Balaban J connectivity index is 1.62. The summed E-state index contributed by atoms with van der Waals surface area (Å²) in [7, 11) is -3.45. The highest BCUT2D eigenvalue weighted by Crippen LogP contribution is 2.22. The van der Waals surface area contributed by atoms with Crippen LogP contribution >= 0.6 is 11.3 Å². The molecule has 1 N–H and O–H groups in total.